The molecule has 5 rings (SSSR count). The quantitative estimate of drug-likeness (QED) is 0.315. The second kappa shape index (κ2) is 11.1. The van der Waals surface area contributed by atoms with Gasteiger partial charge in [-0.15, -0.1) is 0 Å². The van der Waals surface area contributed by atoms with Gasteiger partial charge in [-0.25, -0.2) is 4.39 Å². The maximum atomic E-state index is 15.1. The number of hydrogen-bond acceptors (Lipinski definition) is 7. The molecule has 1 unspecified atom stereocenters. The van der Waals surface area contributed by atoms with Gasteiger partial charge in [-0.3, -0.25) is 4.79 Å². The average Bonchev–Trinajstić information content (AvgIpc) is 3.50. The van der Waals surface area contributed by atoms with E-state index >= 15 is 4.39 Å². The molecular formula is C31H30FNO7. The Balaban J connectivity index is 1.32. The molecule has 0 amide bonds. The second-order valence-corrected chi connectivity index (χ2v) is 10.7. The van der Waals surface area contributed by atoms with Crippen LogP contribution in [0.4, 0.5) is 4.39 Å². The Bertz CT molecular complexity index is 1470. The van der Waals surface area contributed by atoms with E-state index in [1.54, 1.807) is 56.3 Å². The summed E-state index contributed by atoms with van der Waals surface area (Å²) in [6.45, 7) is 3.99. The molecule has 0 radical (unpaired) electrons. The Morgan fingerprint density at radius 1 is 1.15 bits per heavy atom. The van der Waals surface area contributed by atoms with Crippen molar-refractivity contribution in [1.82, 2.24) is 0 Å². The van der Waals surface area contributed by atoms with Crippen molar-refractivity contribution in [2.45, 2.75) is 57.2 Å². The van der Waals surface area contributed by atoms with Gasteiger partial charge >= 0.3 is 5.97 Å². The zero-order valence-corrected chi connectivity index (χ0v) is 22.3. The SMILES string of the molecule is CC(C)(O)CCOc1ccc(Oc2ccc(F)c3c2CC[C@H]3Oc2ccc3c(c2)OCC3CC(=O)O)c(C#N)c1. The molecule has 0 saturated carbocycles. The summed E-state index contributed by atoms with van der Waals surface area (Å²) in [5.74, 6) is 0.842. The number of halogens is 1. The first-order valence-corrected chi connectivity index (χ1v) is 13.1. The lowest BCUT2D eigenvalue weighted by molar-refractivity contribution is -0.137. The molecule has 2 aliphatic rings. The molecule has 0 aromatic heterocycles. The fourth-order valence-electron chi connectivity index (χ4n) is 5.04. The van der Waals surface area contributed by atoms with Gasteiger partial charge in [0, 0.05) is 41.2 Å². The topological polar surface area (TPSA) is 118 Å². The van der Waals surface area contributed by atoms with E-state index in [-0.39, 0.29) is 17.9 Å². The minimum absolute atomic E-state index is 0.0114. The smallest absolute Gasteiger partial charge is 0.304 e. The number of benzene rings is 3. The van der Waals surface area contributed by atoms with Crippen molar-refractivity contribution in [2.75, 3.05) is 13.2 Å². The lowest BCUT2D eigenvalue weighted by Crippen LogP contribution is -2.21. The van der Waals surface area contributed by atoms with E-state index in [0.29, 0.717) is 72.4 Å². The molecule has 1 aliphatic carbocycles. The molecule has 0 bridgehead atoms. The van der Waals surface area contributed by atoms with E-state index < -0.39 is 23.5 Å². The number of aliphatic carboxylic acids is 1. The van der Waals surface area contributed by atoms with E-state index in [1.165, 1.54) is 6.07 Å². The summed E-state index contributed by atoms with van der Waals surface area (Å²) in [6, 6.07) is 15.2. The highest BCUT2D eigenvalue weighted by Crippen LogP contribution is 2.44. The molecule has 1 aliphatic heterocycles. The molecule has 0 fully saturated rings. The number of carbonyl (C=O) groups is 1. The highest BCUT2D eigenvalue weighted by Gasteiger charge is 2.32. The van der Waals surface area contributed by atoms with Crippen molar-refractivity contribution in [3.8, 4) is 34.8 Å². The van der Waals surface area contributed by atoms with Crippen molar-refractivity contribution in [3.63, 3.8) is 0 Å². The fraction of sp³-hybridized carbons (Fsp3) is 0.355. The van der Waals surface area contributed by atoms with Crippen LogP contribution in [0, 0.1) is 17.1 Å². The van der Waals surface area contributed by atoms with E-state index in [9.17, 15) is 15.2 Å². The zero-order valence-electron chi connectivity index (χ0n) is 22.3. The predicted octanol–water partition coefficient (Wildman–Crippen LogP) is 6.05. The second-order valence-electron chi connectivity index (χ2n) is 10.7. The molecule has 8 nitrogen and oxygen atoms in total. The maximum absolute atomic E-state index is 15.1. The van der Waals surface area contributed by atoms with Crippen molar-refractivity contribution in [3.05, 3.63) is 76.6 Å². The van der Waals surface area contributed by atoms with E-state index in [1.807, 2.05) is 0 Å². The minimum Gasteiger partial charge on any atom is -0.493 e. The van der Waals surface area contributed by atoms with Crippen LogP contribution >= 0.6 is 0 Å². The molecule has 3 aromatic carbocycles. The van der Waals surface area contributed by atoms with Crippen LogP contribution in [-0.2, 0) is 11.2 Å². The fourth-order valence-corrected chi connectivity index (χ4v) is 5.04. The molecular weight excluding hydrogens is 517 g/mol. The molecule has 2 N–H and O–H groups in total. The summed E-state index contributed by atoms with van der Waals surface area (Å²) < 4.78 is 38.7. The van der Waals surface area contributed by atoms with Crippen LogP contribution in [-0.4, -0.2) is 35.0 Å². The summed E-state index contributed by atoms with van der Waals surface area (Å²) in [4.78, 5) is 11.1. The largest absolute Gasteiger partial charge is 0.493 e. The number of nitrogens with zero attached hydrogens (tertiary/aromatic N) is 1. The van der Waals surface area contributed by atoms with Gasteiger partial charge in [-0.2, -0.15) is 5.26 Å². The Kier molecular flexibility index (Phi) is 7.55. The summed E-state index contributed by atoms with van der Waals surface area (Å²) in [5, 5.41) is 28.7. The Labute approximate surface area is 231 Å². The number of ether oxygens (including phenoxy) is 4. The van der Waals surface area contributed by atoms with E-state index in [4.69, 9.17) is 24.1 Å². The number of carboxylic acid groups (broad SMARTS) is 1. The minimum atomic E-state index is -0.883. The van der Waals surface area contributed by atoms with Crippen LogP contribution in [0.1, 0.15) is 67.4 Å². The van der Waals surface area contributed by atoms with E-state index in [2.05, 4.69) is 6.07 Å². The number of rotatable bonds is 10. The van der Waals surface area contributed by atoms with Crippen LogP contribution < -0.4 is 18.9 Å². The first-order chi connectivity index (χ1) is 19.1. The highest BCUT2D eigenvalue weighted by molar-refractivity contribution is 5.69. The van der Waals surface area contributed by atoms with Gasteiger partial charge in [0.2, 0.25) is 0 Å². The third-order valence-corrected chi connectivity index (χ3v) is 7.08. The Hall–Kier alpha value is -4.29. The number of fused-ring (bicyclic) bond motifs is 2. The number of carboxylic acids is 1. The molecule has 3 aromatic rings. The summed E-state index contributed by atoms with van der Waals surface area (Å²) in [7, 11) is 0. The van der Waals surface area contributed by atoms with E-state index in [0.717, 1.165) is 5.56 Å². The molecule has 40 heavy (non-hydrogen) atoms. The van der Waals surface area contributed by atoms with Crippen molar-refractivity contribution >= 4 is 5.97 Å². The van der Waals surface area contributed by atoms with Gasteiger partial charge in [0.1, 0.15) is 46.7 Å². The van der Waals surface area contributed by atoms with Crippen molar-refractivity contribution < 1.29 is 38.3 Å². The van der Waals surface area contributed by atoms with Crippen LogP contribution in [0.3, 0.4) is 0 Å². The summed E-state index contributed by atoms with van der Waals surface area (Å²) in [6.07, 6.45) is 0.931. The lowest BCUT2D eigenvalue weighted by Gasteiger charge is -2.18. The maximum Gasteiger partial charge on any atom is 0.304 e. The van der Waals surface area contributed by atoms with Gasteiger partial charge in [-0.1, -0.05) is 6.07 Å². The molecule has 2 atom stereocenters. The van der Waals surface area contributed by atoms with Crippen molar-refractivity contribution in [1.29, 1.82) is 5.26 Å². The van der Waals surface area contributed by atoms with Crippen LogP contribution in [0.15, 0.2) is 48.5 Å². The van der Waals surface area contributed by atoms with Gasteiger partial charge in [-0.05, 0) is 57.0 Å². The van der Waals surface area contributed by atoms with Gasteiger partial charge in [0.05, 0.1) is 30.8 Å². The third kappa shape index (κ3) is 5.97. The predicted molar refractivity (Wildman–Crippen MR) is 143 cm³/mol. The molecule has 9 heteroatoms. The van der Waals surface area contributed by atoms with Gasteiger partial charge < -0.3 is 29.2 Å². The standard InChI is InChI=1S/C31H30FNO7/c1-31(2,36)11-12-37-20-4-8-25(18(13-20)16-33)40-26-10-7-24(32)30-23(26)6-9-27(30)39-21-3-5-22-19(14-29(34)35)17-38-28(22)15-21/h3-5,7-8,10,13,15,19,27,36H,6,9,11-12,14,17H2,1-2H3,(H,34,35)/t19?,27-/m1/s1. The third-order valence-electron chi connectivity index (χ3n) is 7.08. The van der Waals surface area contributed by atoms with Gasteiger partial charge in [0.25, 0.3) is 0 Å². The highest BCUT2D eigenvalue weighted by atomic mass is 19.1. The van der Waals surface area contributed by atoms with Crippen LogP contribution in [0.2, 0.25) is 0 Å². The van der Waals surface area contributed by atoms with Crippen molar-refractivity contribution in [2.24, 2.45) is 0 Å². The molecule has 1 heterocycles. The monoisotopic (exact) mass is 547 g/mol. The Morgan fingerprint density at radius 2 is 1.93 bits per heavy atom. The van der Waals surface area contributed by atoms with Gasteiger partial charge in [0.15, 0.2) is 0 Å². The number of nitriles is 1. The molecule has 208 valence electrons. The number of hydrogen-bond donors (Lipinski definition) is 2. The first-order valence-electron chi connectivity index (χ1n) is 13.1. The normalized spacial score (nSPS) is 17.4. The zero-order chi connectivity index (χ0) is 28.4. The van der Waals surface area contributed by atoms with Crippen LogP contribution in [0.25, 0.3) is 0 Å². The lowest BCUT2D eigenvalue weighted by atomic mass is 9.98. The molecule has 0 saturated heterocycles. The number of aliphatic hydroxyl groups is 1. The molecule has 0 spiro atoms. The first kappa shape index (κ1) is 27.3. The summed E-state index contributed by atoms with van der Waals surface area (Å²) in [5.41, 5.74) is 1.32. The Morgan fingerprint density at radius 3 is 2.67 bits per heavy atom. The van der Waals surface area contributed by atoms with Crippen LogP contribution in [0.5, 0.6) is 28.7 Å². The summed E-state index contributed by atoms with van der Waals surface area (Å²) >= 11 is 0. The average molecular weight is 548 g/mol.